The van der Waals surface area contributed by atoms with Crippen LogP contribution in [-0.2, 0) is 0 Å². The van der Waals surface area contributed by atoms with Gasteiger partial charge in [0.05, 0.1) is 33.1 Å². The molecule has 0 radical (unpaired) electrons. The fraction of sp³-hybridized carbons (Fsp3) is 0. The summed E-state index contributed by atoms with van der Waals surface area (Å²) in [7, 11) is 0. The first kappa shape index (κ1) is 29.8. The number of benzene rings is 8. The number of hydrogen-bond acceptors (Lipinski definition) is 2. The molecule has 0 unspecified atom stereocenters. The molecule has 0 spiro atoms. The van der Waals surface area contributed by atoms with Gasteiger partial charge in [0, 0.05) is 49.1 Å². The predicted octanol–water partition coefficient (Wildman–Crippen LogP) is 13.4. The SMILES string of the molecule is c1ccc2c(c1)nc1c3ccccc3c3oc4ccc(-c5ccc(-n6c7ccccc7c7cc(-n8c9ccccc9c9ccccc98)ccc76)cc5)cc4c3n21. The molecule has 56 heavy (non-hydrogen) atoms. The highest BCUT2D eigenvalue weighted by molar-refractivity contribution is 6.19. The van der Waals surface area contributed by atoms with Gasteiger partial charge in [0.2, 0.25) is 0 Å². The molecular weight excluding hydrogens is 685 g/mol. The summed E-state index contributed by atoms with van der Waals surface area (Å²) in [5.74, 6) is 0. The lowest BCUT2D eigenvalue weighted by Crippen LogP contribution is -1.95. The van der Waals surface area contributed by atoms with Gasteiger partial charge in [-0.15, -0.1) is 0 Å². The topological polar surface area (TPSA) is 40.3 Å². The number of furan rings is 1. The molecule has 0 aliphatic rings. The summed E-state index contributed by atoms with van der Waals surface area (Å²) in [6.07, 6.45) is 0. The molecule has 5 heterocycles. The third-order valence-corrected chi connectivity index (χ3v) is 11.8. The van der Waals surface area contributed by atoms with Crippen molar-refractivity contribution >= 4 is 93.1 Å². The highest BCUT2D eigenvalue weighted by Crippen LogP contribution is 2.41. The molecule has 8 aromatic carbocycles. The number of aromatic nitrogens is 4. The average Bonchev–Trinajstić information content (AvgIpc) is 4.01. The summed E-state index contributed by atoms with van der Waals surface area (Å²) < 4.78 is 13.7. The fourth-order valence-corrected chi connectivity index (χ4v) is 9.36. The van der Waals surface area contributed by atoms with Crippen molar-refractivity contribution in [2.45, 2.75) is 0 Å². The Morgan fingerprint density at radius 2 is 0.911 bits per heavy atom. The molecule has 0 aliphatic carbocycles. The predicted molar refractivity (Wildman–Crippen MR) is 232 cm³/mol. The molecule has 13 aromatic rings. The summed E-state index contributed by atoms with van der Waals surface area (Å²) in [5.41, 5.74) is 15.1. The van der Waals surface area contributed by atoms with Crippen molar-refractivity contribution in [3.8, 4) is 22.5 Å². The third-order valence-electron chi connectivity index (χ3n) is 11.8. The molecule has 0 N–H and O–H groups in total. The van der Waals surface area contributed by atoms with Gasteiger partial charge in [0.25, 0.3) is 0 Å². The number of nitrogens with zero attached hydrogens (tertiary/aromatic N) is 4. The Labute approximate surface area is 319 Å². The van der Waals surface area contributed by atoms with E-state index >= 15 is 0 Å². The van der Waals surface area contributed by atoms with E-state index in [4.69, 9.17) is 9.40 Å². The van der Waals surface area contributed by atoms with Crippen molar-refractivity contribution in [2.75, 3.05) is 0 Å². The average molecular weight is 715 g/mol. The second-order valence-electron chi connectivity index (χ2n) is 14.8. The van der Waals surface area contributed by atoms with Crippen LogP contribution >= 0.6 is 0 Å². The molecule has 0 amide bonds. The van der Waals surface area contributed by atoms with Crippen LogP contribution in [0.5, 0.6) is 0 Å². The molecule has 0 saturated heterocycles. The number of rotatable bonds is 3. The van der Waals surface area contributed by atoms with Crippen molar-refractivity contribution in [3.63, 3.8) is 0 Å². The summed E-state index contributed by atoms with van der Waals surface area (Å²) in [4.78, 5) is 5.10. The zero-order chi connectivity index (χ0) is 36.5. The minimum Gasteiger partial charge on any atom is -0.454 e. The first-order valence-corrected chi connectivity index (χ1v) is 19.1. The molecule has 0 aliphatic heterocycles. The Kier molecular flexibility index (Phi) is 5.83. The van der Waals surface area contributed by atoms with E-state index in [0.717, 1.165) is 72.0 Å². The van der Waals surface area contributed by atoms with Crippen LogP contribution < -0.4 is 0 Å². The van der Waals surface area contributed by atoms with E-state index in [2.05, 4.69) is 189 Å². The fourth-order valence-electron chi connectivity index (χ4n) is 9.36. The second kappa shape index (κ2) is 11.0. The van der Waals surface area contributed by atoms with E-state index in [1.165, 1.54) is 43.6 Å². The number of para-hydroxylation sites is 5. The van der Waals surface area contributed by atoms with Gasteiger partial charge >= 0.3 is 0 Å². The summed E-state index contributed by atoms with van der Waals surface area (Å²) in [6.45, 7) is 0. The minimum atomic E-state index is 0.862. The van der Waals surface area contributed by atoms with Gasteiger partial charge < -0.3 is 13.6 Å². The second-order valence-corrected chi connectivity index (χ2v) is 14.8. The maximum absolute atomic E-state index is 6.65. The number of hydrogen-bond donors (Lipinski definition) is 0. The number of imidazole rings is 1. The van der Waals surface area contributed by atoms with Crippen molar-refractivity contribution in [1.29, 1.82) is 0 Å². The van der Waals surface area contributed by atoms with E-state index in [0.29, 0.717) is 0 Å². The van der Waals surface area contributed by atoms with Crippen LogP contribution in [0.25, 0.3) is 116 Å². The van der Waals surface area contributed by atoms with Crippen molar-refractivity contribution in [1.82, 2.24) is 18.5 Å². The van der Waals surface area contributed by atoms with Crippen LogP contribution in [-0.4, -0.2) is 18.5 Å². The Morgan fingerprint density at radius 1 is 0.375 bits per heavy atom. The Morgan fingerprint density at radius 3 is 1.62 bits per heavy atom. The first-order valence-electron chi connectivity index (χ1n) is 19.1. The normalized spacial score (nSPS) is 12.3. The maximum Gasteiger partial charge on any atom is 0.160 e. The Bertz CT molecular complexity index is 3710. The van der Waals surface area contributed by atoms with E-state index < -0.39 is 0 Å². The van der Waals surface area contributed by atoms with E-state index in [9.17, 15) is 0 Å². The summed E-state index contributed by atoms with van der Waals surface area (Å²) >= 11 is 0. The van der Waals surface area contributed by atoms with Crippen LogP contribution in [0, 0.1) is 0 Å². The molecular formula is C51H30N4O. The maximum atomic E-state index is 6.65. The first-order chi connectivity index (χ1) is 27.8. The number of pyridine rings is 1. The van der Waals surface area contributed by atoms with Gasteiger partial charge in [-0.25, -0.2) is 4.98 Å². The van der Waals surface area contributed by atoms with Crippen LogP contribution in [0.3, 0.4) is 0 Å². The molecule has 5 aromatic heterocycles. The quantitative estimate of drug-likeness (QED) is 0.183. The zero-order valence-corrected chi connectivity index (χ0v) is 30.0. The van der Waals surface area contributed by atoms with E-state index in [1.54, 1.807) is 0 Å². The lowest BCUT2D eigenvalue weighted by molar-refractivity contribution is 0.672. The molecule has 0 saturated carbocycles. The summed E-state index contributed by atoms with van der Waals surface area (Å²) in [6, 6.07) is 65.3. The van der Waals surface area contributed by atoms with Gasteiger partial charge in [-0.2, -0.15) is 0 Å². The molecule has 0 atom stereocenters. The zero-order valence-electron chi connectivity index (χ0n) is 30.0. The molecule has 13 rings (SSSR count). The highest BCUT2D eigenvalue weighted by Gasteiger charge is 2.20. The monoisotopic (exact) mass is 714 g/mol. The van der Waals surface area contributed by atoms with Crippen LogP contribution in [0.2, 0.25) is 0 Å². The highest BCUT2D eigenvalue weighted by atomic mass is 16.3. The van der Waals surface area contributed by atoms with Gasteiger partial charge in [-0.1, -0.05) is 109 Å². The standard InChI is InChI=1S/C51H30N4O/c1-2-15-39-38(14-1)50-49(55-47-20-10-6-16-42(47)52-51(39)55)41-29-32(23-28-48(41)56-50)31-21-24-33(25-22-31)53-45-19-9-5-13-37(45)40-30-34(26-27-46(40)53)54-43-17-7-3-11-35(43)36-12-4-8-18-44(36)54/h1-30H. The molecule has 260 valence electrons. The third kappa shape index (κ3) is 3.95. The smallest absolute Gasteiger partial charge is 0.160 e. The van der Waals surface area contributed by atoms with Gasteiger partial charge in [-0.3, -0.25) is 4.40 Å². The molecule has 0 bridgehead atoms. The van der Waals surface area contributed by atoms with E-state index in [1.807, 2.05) is 6.07 Å². The van der Waals surface area contributed by atoms with Crippen LogP contribution in [0.1, 0.15) is 0 Å². The molecule has 5 nitrogen and oxygen atoms in total. The Balaban J connectivity index is 0.967. The summed E-state index contributed by atoms with van der Waals surface area (Å²) in [5, 5.41) is 8.22. The van der Waals surface area contributed by atoms with Crippen molar-refractivity contribution in [2.24, 2.45) is 0 Å². The molecule has 5 heteroatoms. The minimum absolute atomic E-state index is 0.862. The van der Waals surface area contributed by atoms with Gasteiger partial charge in [0.15, 0.2) is 5.58 Å². The van der Waals surface area contributed by atoms with Crippen molar-refractivity contribution in [3.05, 3.63) is 182 Å². The Hall–Kier alpha value is -7.63. The largest absolute Gasteiger partial charge is 0.454 e. The van der Waals surface area contributed by atoms with E-state index in [-0.39, 0.29) is 0 Å². The lowest BCUT2D eigenvalue weighted by atomic mass is 10.0. The van der Waals surface area contributed by atoms with Gasteiger partial charge in [-0.05, 0) is 83.9 Å². The van der Waals surface area contributed by atoms with Crippen LogP contribution in [0.15, 0.2) is 186 Å². The number of fused-ring (bicyclic) bond motifs is 16. The lowest BCUT2D eigenvalue weighted by Gasteiger charge is -2.11. The van der Waals surface area contributed by atoms with Crippen LogP contribution in [0.4, 0.5) is 0 Å². The van der Waals surface area contributed by atoms with Crippen molar-refractivity contribution < 1.29 is 4.42 Å². The van der Waals surface area contributed by atoms with Gasteiger partial charge in [0.1, 0.15) is 16.7 Å². The molecule has 0 fully saturated rings.